The van der Waals surface area contributed by atoms with Gasteiger partial charge in [-0.3, -0.25) is 9.59 Å². The Morgan fingerprint density at radius 3 is 2.88 bits per heavy atom. The Bertz CT molecular complexity index is 1250. The van der Waals surface area contributed by atoms with E-state index in [1.807, 2.05) is 31.2 Å². The number of Topliss-reactive ketones (excluding diaryl/α,β-unsaturated/α-hetero) is 1. The number of benzene rings is 1. The number of thioether (sulfide) groups is 1. The second-order valence-electron chi connectivity index (χ2n) is 6.95. The molecule has 0 saturated carbocycles. The second kappa shape index (κ2) is 9.92. The first kappa shape index (κ1) is 22.0. The number of fused-ring (bicyclic) bond motifs is 1. The van der Waals surface area contributed by atoms with Gasteiger partial charge in [0.25, 0.3) is 0 Å². The van der Waals surface area contributed by atoms with Crippen LogP contribution in [0.4, 0.5) is 0 Å². The molecule has 0 aliphatic heterocycles. The lowest BCUT2D eigenvalue weighted by Crippen LogP contribution is -2.26. The molecule has 1 amide bonds. The highest BCUT2D eigenvalue weighted by Gasteiger charge is 2.14. The van der Waals surface area contributed by atoms with Crippen LogP contribution in [0.25, 0.3) is 10.9 Å². The largest absolute Gasteiger partial charge is 0.497 e. The molecular formula is C22H21N5O3S2. The summed E-state index contributed by atoms with van der Waals surface area (Å²) in [6.45, 7) is 2.43. The minimum absolute atomic E-state index is 0.0169. The number of thiophene rings is 1. The Labute approximate surface area is 193 Å². The summed E-state index contributed by atoms with van der Waals surface area (Å²) in [5, 5.41) is 4.48. The summed E-state index contributed by atoms with van der Waals surface area (Å²) >= 11 is 2.78. The smallest absolute Gasteiger partial charge is 0.240 e. The zero-order valence-corrected chi connectivity index (χ0v) is 19.2. The van der Waals surface area contributed by atoms with Gasteiger partial charge in [0, 0.05) is 22.7 Å². The van der Waals surface area contributed by atoms with Crippen LogP contribution in [0.2, 0.25) is 0 Å². The van der Waals surface area contributed by atoms with Crippen molar-refractivity contribution in [2.24, 2.45) is 0 Å². The van der Waals surface area contributed by atoms with Gasteiger partial charge in [-0.15, -0.1) is 11.3 Å². The topological polar surface area (TPSA) is 99.0 Å². The second-order valence-corrected chi connectivity index (χ2v) is 9.08. The zero-order valence-electron chi connectivity index (χ0n) is 17.6. The van der Waals surface area contributed by atoms with E-state index in [1.54, 1.807) is 36.5 Å². The molecule has 164 valence electrons. The Balaban J connectivity index is 1.37. The zero-order chi connectivity index (χ0) is 22.5. The number of nitrogens with one attached hydrogen (secondary N) is 1. The van der Waals surface area contributed by atoms with Gasteiger partial charge in [-0.2, -0.15) is 0 Å². The SMILES string of the molecule is COc1ccc2nc(C)nc(SCC(=O)c3ccc(CNC(=O)Cn4ccnc4)s3)c2c1. The maximum atomic E-state index is 12.7. The number of carbonyl (C=O) groups excluding carboxylic acids is 2. The predicted octanol–water partition coefficient (Wildman–Crippen LogP) is 3.50. The van der Waals surface area contributed by atoms with E-state index in [0.29, 0.717) is 17.2 Å². The van der Waals surface area contributed by atoms with Crippen molar-refractivity contribution in [1.82, 2.24) is 24.8 Å². The number of amides is 1. The average Bonchev–Trinajstić information content (AvgIpc) is 3.47. The van der Waals surface area contributed by atoms with E-state index in [0.717, 1.165) is 26.6 Å². The monoisotopic (exact) mass is 467 g/mol. The fourth-order valence-electron chi connectivity index (χ4n) is 3.04. The number of aromatic nitrogens is 4. The molecule has 0 saturated heterocycles. The molecule has 0 atom stereocenters. The third-order valence-corrected chi connectivity index (χ3v) is 6.72. The molecule has 0 aliphatic rings. The van der Waals surface area contributed by atoms with Gasteiger partial charge >= 0.3 is 0 Å². The van der Waals surface area contributed by atoms with E-state index in [-0.39, 0.29) is 24.0 Å². The van der Waals surface area contributed by atoms with Crippen LogP contribution in [0.3, 0.4) is 0 Å². The molecule has 4 aromatic rings. The van der Waals surface area contributed by atoms with Crippen molar-refractivity contribution in [3.05, 3.63) is 64.6 Å². The number of ketones is 1. The molecule has 32 heavy (non-hydrogen) atoms. The number of imidazole rings is 1. The van der Waals surface area contributed by atoms with Gasteiger partial charge in [0.15, 0.2) is 5.78 Å². The Hall–Kier alpha value is -3.24. The van der Waals surface area contributed by atoms with Gasteiger partial charge in [0.2, 0.25) is 5.91 Å². The first-order valence-electron chi connectivity index (χ1n) is 9.81. The van der Waals surface area contributed by atoms with Crippen LogP contribution in [-0.4, -0.2) is 44.1 Å². The highest BCUT2D eigenvalue weighted by molar-refractivity contribution is 8.00. The molecule has 0 radical (unpaired) electrons. The van der Waals surface area contributed by atoms with E-state index in [4.69, 9.17) is 4.74 Å². The molecule has 3 aromatic heterocycles. The van der Waals surface area contributed by atoms with Gasteiger partial charge in [0.05, 0.1) is 36.1 Å². The molecule has 1 N–H and O–H groups in total. The maximum absolute atomic E-state index is 12.7. The van der Waals surface area contributed by atoms with Crippen LogP contribution in [0.15, 0.2) is 54.1 Å². The summed E-state index contributed by atoms with van der Waals surface area (Å²) in [5.74, 6) is 1.54. The average molecular weight is 468 g/mol. The van der Waals surface area contributed by atoms with Crippen molar-refractivity contribution in [3.8, 4) is 5.75 Å². The molecule has 0 spiro atoms. The van der Waals surface area contributed by atoms with Crippen LogP contribution in [0, 0.1) is 6.92 Å². The van der Waals surface area contributed by atoms with E-state index in [2.05, 4.69) is 20.3 Å². The van der Waals surface area contributed by atoms with Gasteiger partial charge < -0.3 is 14.6 Å². The van der Waals surface area contributed by atoms with Crippen molar-refractivity contribution in [2.75, 3.05) is 12.9 Å². The lowest BCUT2D eigenvalue weighted by molar-refractivity contribution is -0.121. The van der Waals surface area contributed by atoms with Crippen molar-refractivity contribution in [2.45, 2.75) is 25.0 Å². The summed E-state index contributed by atoms with van der Waals surface area (Å²) in [5.41, 5.74) is 0.818. The minimum atomic E-state index is -0.110. The van der Waals surface area contributed by atoms with E-state index in [9.17, 15) is 9.59 Å². The highest BCUT2D eigenvalue weighted by atomic mass is 32.2. The Kier molecular flexibility index (Phi) is 6.81. The molecular weight excluding hydrogens is 446 g/mol. The molecule has 0 fully saturated rings. The molecule has 0 unspecified atom stereocenters. The highest BCUT2D eigenvalue weighted by Crippen LogP contribution is 2.29. The van der Waals surface area contributed by atoms with Crippen LogP contribution in [0.5, 0.6) is 5.75 Å². The summed E-state index contributed by atoms with van der Waals surface area (Å²) in [4.78, 5) is 39.2. The van der Waals surface area contributed by atoms with E-state index in [1.165, 1.54) is 23.1 Å². The summed E-state index contributed by atoms with van der Waals surface area (Å²) in [7, 11) is 1.61. The first-order chi connectivity index (χ1) is 15.5. The third-order valence-electron chi connectivity index (χ3n) is 4.60. The van der Waals surface area contributed by atoms with Crippen LogP contribution >= 0.6 is 23.1 Å². The number of carbonyl (C=O) groups is 2. The van der Waals surface area contributed by atoms with Crippen molar-refractivity contribution < 1.29 is 14.3 Å². The lowest BCUT2D eigenvalue weighted by Gasteiger charge is -2.08. The number of aryl methyl sites for hydroxylation is 1. The number of rotatable bonds is 9. The van der Waals surface area contributed by atoms with Gasteiger partial charge in [0.1, 0.15) is 23.1 Å². The van der Waals surface area contributed by atoms with E-state index >= 15 is 0 Å². The number of nitrogens with zero attached hydrogens (tertiary/aromatic N) is 4. The quantitative estimate of drug-likeness (QED) is 0.228. The fourth-order valence-corrected chi connectivity index (χ4v) is 4.96. The maximum Gasteiger partial charge on any atom is 0.240 e. The summed E-state index contributed by atoms with van der Waals surface area (Å²) in [6, 6.07) is 9.31. The lowest BCUT2D eigenvalue weighted by atomic mass is 10.2. The Morgan fingerprint density at radius 2 is 2.09 bits per heavy atom. The standard InChI is InChI=1S/C22H21N5O3S2/c1-14-25-18-5-3-15(30-2)9-17(18)22(26-14)31-12-19(28)20-6-4-16(32-20)10-24-21(29)11-27-8-7-23-13-27/h3-9,13H,10-12H2,1-2H3,(H,24,29). The van der Waals surface area contributed by atoms with Gasteiger partial charge in [-0.1, -0.05) is 11.8 Å². The summed E-state index contributed by atoms with van der Waals surface area (Å²) < 4.78 is 7.01. The molecule has 3 heterocycles. The first-order valence-corrected chi connectivity index (χ1v) is 11.6. The summed E-state index contributed by atoms with van der Waals surface area (Å²) in [6.07, 6.45) is 4.96. The Morgan fingerprint density at radius 1 is 1.22 bits per heavy atom. The van der Waals surface area contributed by atoms with Gasteiger partial charge in [-0.05, 0) is 37.3 Å². The number of hydrogen-bond acceptors (Lipinski definition) is 8. The van der Waals surface area contributed by atoms with Crippen LogP contribution < -0.4 is 10.1 Å². The van der Waals surface area contributed by atoms with Crippen molar-refractivity contribution >= 4 is 45.7 Å². The molecule has 0 aliphatic carbocycles. The normalized spacial score (nSPS) is 10.9. The number of methoxy groups -OCH3 is 1. The predicted molar refractivity (Wildman–Crippen MR) is 124 cm³/mol. The molecule has 4 rings (SSSR count). The van der Waals surface area contributed by atoms with Gasteiger partial charge in [-0.25, -0.2) is 15.0 Å². The van der Waals surface area contributed by atoms with Crippen LogP contribution in [0.1, 0.15) is 20.4 Å². The fraction of sp³-hybridized carbons (Fsp3) is 0.227. The molecule has 8 nitrogen and oxygen atoms in total. The van der Waals surface area contributed by atoms with E-state index < -0.39 is 0 Å². The molecule has 0 bridgehead atoms. The molecule has 1 aromatic carbocycles. The van der Waals surface area contributed by atoms with Crippen molar-refractivity contribution in [3.63, 3.8) is 0 Å². The minimum Gasteiger partial charge on any atom is -0.497 e. The van der Waals surface area contributed by atoms with Crippen molar-refractivity contribution in [1.29, 1.82) is 0 Å². The number of ether oxygens (including phenoxy) is 1. The number of hydrogen-bond donors (Lipinski definition) is 1. The third kappa shape index (κ3) is 5.32. The molecule has 10 heteroatoms. The van der Waals surface area contributed by atoms with Crippen LogP contribution in [-0.2, 0) is 17.9 Å².